The van der Waals surface area contributed by atoms with Gasteiger partial charge in [0.2, 0.25) is 5.91 Å². The number of carbonyl (C=O) groups is 3. The summed E-state index contributed by atoms with van der Waals surface area (Å²) in [6.07, 6.45) is -1.84. The van der Waals surface area contributed by atoms with Gasteiger partial charge in [-0.05, 0) is 29.2 Å². The summed E-state index contributed by atoms with van der Waals surface area (Å²) >= 11 is 0. The number of benzene rings is 2. The van der Waals surface area contributed by atoms with Crippen LogP contribution < -0.4 is 5.32 Å². The van der Waals surface area contributed by atoms with Crippen LogP contribution in [0.5, 0.6) is 0 Å². The molecular formula is C23H22F2N2O5. The SMILES string of the molecule is C[C@H](NC(=O)OCC1c2ccccc2-c2ccccc21)C(=O)N1CC(F)(F)CC1C(=O)O. The van der Waals surface area contributed by atoms with Crippen LogP contribution in [0.3, 0.4) is 0 Å². The van der Waals surface area contributed by atoms with Gasteiger partial charge in [-0.15, -0.1) is 0 Å². The standard InChI is InChI=1S/C23H22F2N2O5/c1-13(20(28)27-12-23(24,25)10-19(27)21(29)30)26-22(31)32-11-18-16-8-4-2-6-14(16)15-7-3-5-9-17(15)18/h2-9,13,18-19H,10-12H2,1H3,(H,26,31)(H,29,30)/t13-,19?/m0/s1. The molecule has 1 saturated heterocycles. The zero-order valence-electron chi connectivity index (χ0n) is 17.3. The van der Waals surface area contributed by atoms with Gasteiger partial charge in [-0.1, -0.05) is 48.5 Å². The molecule has 1 heterocycles. The zero-order chi connectivity index (χ0) is 23.0. The molecular weight excluding hydrogens is 422 g/mol. The number of aliphatic carboxylic acids is 1. The molecule has 2 aliphatic rings. The third kappa shape index (κ3) is 4.02. The molecule has 0 bridgehead atoms. The maximum atomic E-state index is 13.7. The summed E-state index contributed by atoms with van der Waals surface area (Å²) in [5.41, 5.74) is 4.18. The maximum absolute atomic E-state index is 13.7. The molecule has 1 fully saturated rings. The number of halogens is 2. The van der Waals surface area contributed by atoms with E-state index in [0.717, 1.165) is 22.3 Å². The molecule has 1 aliphatic heterocycles. The summed E-state index contributed by atoms with van der Waals surface area (Å²) in [5.74, 6) is -5.87. The van der Waals surface area contributed by atoms with Gasteiger partial charge in [0, 0.05) is 12.3 Å². The lowest BCUT2D eigenvalue weighted by atomic mass is 9.98. The summed E-state index contributed by atoms with van der Waals surface area (Å²) in [4.78, 5) is 36.7. The van der Waals surface area contributed by atoms with Crippen molar-refractivity contribution in [1.82, 2.24) is 10.2 Å². The first-order chi connectivity index (χ1) is 15.2. The van der Waals surface area contributed by atoms with Gasteiger partial charge >= 0.3 is 12.1 Å². The Balaban J connectivity index is 1.39. The molecule has 1 aliphatic carbocycles. The largest absolute Gasteiger partial charge is 0.480 e. The fourth-order valence-electron chi connectivity index (χ4n) is 4.40. The molecule has 32 heavy (non-hydrogen) atoms. The number of nitrogens with zero attached hydrogens (tertiary/aromatic N) is 1. The molecule has 2 amide bonds. The Labute approximate surface area is 183 Å². The molecule has 4 rings (SSSR count). The van der Waals surface area contributed by atoms with E-state index in [1.165, 1.54) is 6.92 Å². The van der Waals surface area contributed by atoms with Crippen molar-refractivity contribution in [3.63, 3.8) is 0 Å². The number of carboxylic acid groups (broad SMARTS) is 1. The third-order valence-electron chi connectivity index (χ3n) is 5.89. The first-order valence-corrected chi connectivity index (χ1v) is 10.2. The molecule has 1 unspecified atom stereocenters. The van der Waals surface area contributed by atoms with Crippen molar-refractivity contribution < 1.29 is 33.0 Å². The van der Waals surface area contributed by atoms with Crippen molar-refractivity contribution in [1.29, 1.82) is 0 Å². The van der Waals surface area contributed by atoms with Crippen molar-refractivity contribution in [2.45, 2.75) is 37.3 Å². The van der Waals surface area contributed by atoms with Gasteiger partial charge in [0.15, 0.2) is 0 Å². The third-order valence-corrected chi connectivity index (χ3v) is 5.89. The van der Waals surface area contributed by atoms with Gasteiger partial charge in [-0.25, -0.2) is 18.4 Å². The minimum absolute atomic E-state index is 0.0281. The number of nitrogens with one attached hydrogen (secondary N) is 1. The lowest BCUT2D eigenvalue weighted by Gasteiger charge is -2.25. The number of hydrogen-bond donors (Lipinski definition) is 2. The molecule has 0 aromatic heterocycles. The Morgan fingerprint density at radius 1 is 1.12 bits per heavy atom. The predicted molar refractivity (Wildman–Crippen MR) is 110 cm³/mol. The summed E-state index contributed by atoms with van der Waals surface area (Å²) in [6.45, 7) is 0.332. The van der Waals surface area contributed by atoms with E-state index in [2.05, 4.69) is 5.32 Å². The topological polar surface area (TPSA) is 95.9 Å². The Morgan fingerprint density at radius 2 is 1.69 bits per heavy atom. The molecule has 2 atom stereocenters. The van der Waals surface area contributed by atoms with Gasteiger partial charge in [0.05, 0.1) is 6.54 Å². The van der Waals surface area contributed by atoms with Crippen molar-refractivity contribution in [2.75, 3.05) is 13.2 Å². The number of alkyl halides is 2. The van der Waals surface area contributed by atoms with Crippen LogP contribution in [0.15, 0.2) is 48.5 Å². The second-order valence-electron chi connectivity index (χ2n) is 8.07. The number of amides is 2. The number of fused-ring (bicyclic) bond motifs is 3. The number of carboxylic acids is 1. The van der Waals surface area contributed by atoms with Crippen LogP contribution in [0.1, 0.15) is 30.4 Å². The molecule has 0 spiro atoms. The summed E-state index contributed by atoms with van der Waals surface area (Å²) in [7, 11) is 0. The number of carbonyl (C=O) groups excluding carboxylic acids is 2. The molecule has 168 valence electrons. The molecule has 0 saturated carbocycles. The van der Waals surface area contributed by atoms with Crippen LogP contribution in [-0.4, -0.2) is 59.1 Å². The average molecular weight is 444 g/mol. The predicted octanol–water partition coefficient (Wildman–Crippen LogP) is 3.23. The first kappa shape index (κ1) is 21.7. The molecule has 2 N–H and O–H groups in total. The highest BCUT2D eigenvalue weighted by molar-refractivity contribution is 5.89. The van der Waals surface area contributed by atoms with E-state index in [9.17, 15) is 23.2 Å². The van der Waals surface area contributed by atoms with E-state index in [0.29, 0.717) is 4.90 Å². The monoisotopic (exact) mass is 444 g/mol. The van der Waals surface area contributed by atoms with Crippen LogP contribution in [0, 0.1) is 0 Å². The Morgan fingerprint density at radius 3 is 2.25 bits per heavy atom. The van der Waals surface area contributed by atoms with E-state index >= 15 is 0 Å². The van der Waals surface area contributed by atoms with Crippen molar-refractivity contribution in [3.05, 3.63) is 59.7 Å². The number of rotatable bonds is 5. The second-order valence-corrected chi connectivity index (χ2v) is 8.07. The Hall–Kier alpha value is -3.49. The van der Waals surface area contributed by atoms with Gasteiger partial charge in [-0.2, -0.15) is 0 Å². The fourth-order valence-corrected chi connectivity index (χ4v) is 4.40. The smallest absolute Gasteiger partial charge is 0.407 e. The van der Waals surface area contributed by atoms with E-state index in [4.69, 9.17) is 9.84 Å². The molecule has 7 nitrogen and oxygen atoms in total. The Kier molecular flexibility index (Phi) is 5.58. The van der Waals surface area contributed by atoms with Crippen molar-refractivity contribution in [2.24, 2.45) is 0 Å². The van der Waals surface area contributed by atoms with Crippen LogP contribution in [0.2, 0.25) is 0 Å². The van der Waals surface area contributed by atoms with Gasteiger partial charge in [0.1, 0.15) is 18.7 Å². The van der Waals surface area contributed by atoms with Gasteiger partial charge in [0.25, 0.3) is 5.92 Å². The van der Waals surface area contributed by atoms with Crippen LogP contribution >= 0.6 is 0 Å². The normalized spacial score (nSPS) is 19.7. The second kappa shape index (κ2) is 8.22. The first-order valence-electron chi connectivity index (χ1n) is 10.2. The fraction of sp³-hybridized carbons (Fsp3) is 0.348. The Bertz CT molecular complexity index is 1030. The quantitative estimate of drug-likeness (QED) is 0.738. The highest BCUT2D eigenvalue weighted by atomic mass is 19.3. The number of alkyl carbamates (subject to hydrolysis) is 1. The van der Waals surface area contributed by atoms with E-state index in [-0.39, 0.29) is 12.5 Å². The van der Waals surface area contributed by atoms with Crippen LogP contribution in [-0.2, 0) is 14.3 Å². The van der Waals surface area contributed by atoms with E-state index in [1.54, 1.807) is 0 Å². The number of ether oxygens (including phenoxy) is 1. The van der Waals surface area contributed by atoms with E-state index in [1.807, 2.05) is 48.5 Å². The molecule has 9 heteroatoms. The molecule has 2 aromatic rings. The highest BCUT2D eigenvalue weighted by Crippen LogP contribution is 2.44. The summed E-state index contributed by atoms with van der Waals surface area (Å²) < 4.78 is 32.7. The number of hydrogen-bond acceptors (Lipinski definition) is 4. The minimum Gasteiger partial charge on any atom is -0.480 e. The molecule has 0 radical (unpaired) electrons. The average Bonchev–Trinajstić information content (AvgIpc) is 3.26. The molecule has 2 aromatic carbocycles. The highest BCUT2D eigenvalue weighted by Gasteiger charge is 2.50. The number of likely N-dealkylation sites (tertiary alicyclic amines) is 1. The lowest BCUT2D eigenvalue weighted by Crippen LogP contribution is -2.50. The lowest BCUT2D eigenvalue weighted by molar-refractivity contribution is -0.148. The van der Waals surface area contributed by atoms with Gasteiger partial charge in [-0.3, -0.25) is 4.79 Å². The van der Waals surface area contributed by atoms with Crippen molar-refractivity contribution >= 4 is 18.0 Å². The van der Waals surface area contributed by atoms with Crippen LogP contribution in [0.25, 0.3) is 11.1 Å². The van der Waals surface area contributed by atoms with Gasteiger partial charge < -0.3 is 20.1 Å². The maximum Gasteiger partial charge on any atom is 0.407 e. The van der Waals surface area contributed by atoms with Crippen molar-refractivity contribution in [3.8, 4) is 11.1 Å². The van der Waals surface area contributed by atoms with Crippen LogP contribution in [0.4, 0.5) is 13.6 Å². The minimum atomic E-state index is -3.29. The summed E-state index contributed by atoms with van der Waals surface area (Å²) in [6, 6.07) is 12.8. The van der Waals surface area contributed by atoms with E-state index < -0.39 is 48.9 Å². The zero-order valence-corrected chi connectivity index (χ0v) is 17.3. The summed E-state index contributed by atoms with van der Waals surface area (Å²) in [5, 5.41) is 11.5.